The first-order valence-corrected chi connectivity index (χ1v) is 16.2. The van der Waals surface area contributed by atoms with Crippen LogP contribution in [0.15, 0.2) is 0 Å². The fourth-order valence-electron chi connectivity index (χ4n) is 2.62. The summed E-state index contributed by atoms with van der Waals surface area (Å²) in [5.74, 6) is 0.0408. The Hall–Kier alpha value is 0.491. The lowest BCUT2D eigenvalue weighted by Gasteiger charge is -2.43. The van der Waals surface area contributed by atoms with Crippen LogP contribution in [0, 0.1) is 0 Å². The van der Waals surface area contributed by atoms with E-state index in [-0.39, 0.29) is 15.4 Å². The molecule has 0 unspecified atom stereocenters. The van der Waals surface area contributed by atoms with Crippen LogP contribution in [-0.2, 0) is 14.2 Å². The molecule has 0 N–H and O–H groups in total. The summed E-state index contributed by atoms with van der Waals surface area (Å²) in [7, 11) is 0.605. The van der Waals surface area contributed by atoms with E-state index >= 15 is 0 Å². The fourth-order valence-corrected chi connectivity index (χ4v) is 13.4. The lowest BCUT2D eigenvalue weighted by molar-refractivity contribution is -0.0445. The summed E-state index contributed by atoms with van der Waals surface area (Å²) in [6, 6.07) is 1.12. The molecule has 0 heterocycles. The zero-order chi connectivity index (χ0) is 15.8. The summed E-state index contributed by atoms with van der Waals surface area (Å²) < 4.78 is 19.0. The van der Waals surface area contributed by atoms with E-state index in [0.717, 1.165) is 25.8 Å². The predicted octanol–water partition coefficient (Wildman–Crippen LogP) is 2.14. The van der Waals surface area contributed by atoms with Crippen molar-refractivity contribution in [1.29, 1.82) is 0 Å². The van der Waals surface area contributed by atoms with Gasteiger partial charge in [-0.05, 0) is 6.04 Å². The Kier molecular flexibility index (Phi) is 9.73. The number of hydrogen-bond donors (Lipinski definition) is 0. The Morgan fingerprint density at radius 2 is 1.40 bits per heavy atom. The number of nitrogens with zero attached hydrogens (tertiary/aromatic N) is 1. The normalized spacial score (nSPS) is 14.1. The Balaban J connectivity index is 3.92. The number of methoxy groups -OCH3 is 2. The van der Waals surface area contributed by atoms with Crippen LogP contribution in [0.2, 0.25) is 45.3 Å². The molecule has 0 bridgehead atoms. The van der Waals surface area contributed by atoms with Gasteiger partial charge in [-0.2, -0.15) is 0 Å². The van der Waals surface area contributed by atoms with E-state index in [9.17, 15) is 0 Å². The van der Waals surface area contributed by atoms with Crippen molar-refractivity contribution in [2.45, 2.75) is 51.2 Å². The number of rotatable bonds is 11. The van der Waals surface area contributed by atoms with Crippen LogP contribution in [0.4, 0.5) is 0 Å². The zero-order valence-electron chi connectivity index (χ0n) is 14.8. The Bertz CT molecular complexity index is 236. The van der Waals surface area contributed by atoms with E-state index in [1.54, 1.807) is 14.2 Å². The minimum absolute atomic E-state index is 0.0408. The second kappa shape index (κ2) is 9.50. The molecule has 0 aliphatic carbocycles. The summed E-state index contributed by atoms with van der Waals surface area (Å²) in [5.41, 5.74) is 0. The molecule has 7 heteroatoms. The monoisotopic (exact) mass is 337 g/mol. The van der Waals surface area contributed by atoms with E-state index in [0.29, 0.717) is 0 Å². The van der Waals surface area contributed by atoms with Crippen molar-refractivity contribution in [1.82, 2.24) is 4.23 Å². The zero-order valence-corrected chi connectivity index (χ0v) is 18.2. The highest BCUT2D eigenvalue weighted by atomic mass is 28.4. The van der Waals surface area contributed by atoms with Gasteiger partial charge in [-0.3, -0.25) is 0 Å². The lowest BCUT2D eigenvalue weighted by atomic mass is 10.7. The van der Waals surface area contributed by atoms with Crippen LogP contribution in [0.5, 0.6) is 0 Å². The molecule has 0 amide bonds. The standard InChI is InChI=1S/C13H35NO3Si3/c1-15-13(16-2)18-12-11-17-10-9-14(19(3,4)5)20(6,7)8/h13H,9-12,18H2,1-8H3. The molecule has 0 aromatic carbocycles. The Labute approximate surface area is 130 Å². The van der Waals surface area contributed by atoms with E-state index in [1.807, 2.05) is 0 Å². The number of hydrogen-bond acceptors (Lipinski definition) is 4. The maximum atomic E-state index is 5.82. The molecule has 0 rings (SSSR count). The fraction of sp³-hybridized carbons (Fsp3) is 1.00. The second-order valence-corrected chi connectivity index (χ2v) is 19.3. The van der Waals surface area contributed by atoms with Gasteiger partial charge in [0, 0.05) is 27.4 Å². The van der Waals surface area contributed by atoms with E-state index in [2.05, 4.69) is 43.5 Å². The van der Waals surface area contributed by atoms with Gasteiger partial charge in [-0.1, -0.05) is 39.3 Å². The third kappa shape index (κ3) is 8.71. The molecule has 0 fully saturated rings. The van der Waals surface area contributed by atoms with Gasteiger partial charge in [0.2, 0.25) is 0 Å². The highest BCUT2D eigenvalue weighted by molar-refractivity contribution is 6.89. The van der Waals surface area contributed by atoms with Crippen molar-refractivity contribution >= 4 is 26.0 Å². The molecule has 0 saturated carbocycles. The second-order valence-electron chi connectivity index (χ2n) is 7.15. The molecule has 0 spiro atoms. The number of ether oxygens (including phenoxy) is 3. The molecule has 0 aromatic heterocycles. The van der Waals surface area contributed by atoms with Gasteiger partial charge >= 0.3 is 0 Å². The molecular formula is C13H35NO3Si3. The lowest BCUT2D eigenvalue weighted by Crippen LogP contribution is -2.59. The molecule has 122 valence electrons. The summed E-state index contributed by atoms with van der Waals surface area (Å²) in [6.07, 6.45) is 0. The quantitative estimate of drug-likeness (QED) is 0.328. The maximum Gasteiger partial charge on any atom is 0.134 e. The topological polar surface area (TPSA) is 30.9 Å². The Morgan fingerprint density at radius 3 is 1.80 bits per heavy atom. The van der Waals surface area contributed by atoms with Crippen molar-refractivity contribution in [2.75, 3.05) is 34.0 Å². The Morgan fingerprint density at radius 1 is 0.900 bits per heavy atom. The first kappa shape index (κ1) is 20.5. The highest BCUT2D eigenvalue weighted by Crippen LogP contribution is 2.18. The average molecular weight is 338 g/mol. The van der Waals surface area contributed by atoms with Gasteiger partial charge in [0.25, 0.3) is 0 Å². The molecule has 0 atom stereocenters. The molecule has 0 saturated heterocycles. The molecule has 0 aromatic rings. The first-order chi connectivity index (χ1) is 9.12. The van der Waals surface area contributed by atoms with Crippen LogP contribution in [0.1, 0.15) is 0 Å². The molecule has 0 radical (unpaired) electrons. The van der Waals surface area contributed by atoms with Crippen LogP contribution >= 0.6 is 0 Å². The van der Waals surface area contributed by atoms with Gasteiger partial charge in [0.15, 0.2) is 0 Å². The minimum atomic E-state index is -1.24. The van der Waals surface area contributed by atoms with Crippen molar-refractivity contribution in [3.8, 4) is 0 Å². The predicted molar refractivity (Wildman–Crippen MR) is 95.4 cm³/mol. The minimum Gasteiger partial charge on any atom is -0.380 e. The van der Waals surface area contributed by atoms with Crippen LogP contribution < -0.4 is 0 Å². The van der Waals surface area contributed by atoms with Gasteiger partial charge in [0.05, 0.1) is 16.1 Å². The van der Waals surface area contributed by atoms with Gasteiger partial charge in [-0.25, -0.2) is 0 Å². The molecule has 0 aliphatic rings. The van der Waals surface area contributed by atoms with Crippen LogP contribution in [0.3, 0.4) is 0 Å². The first-order valence-electron chi connectivity index (χ1n) is 7.54. The average Bonchev–Trinajstić information content (AvgIpc) is 2.29. The SMILES string of the molecule is COC(OC)[SiH2]CCOCCN([Si](C)(C)C)[Si](C)(C)C. The smallest absolute Gasteiger partial charge is 0.134 e. The summed E-state index contributed by atoms with van der Waals surface area (Å²) in [5, 5.41) is 0. The molecular weight excluding hydrogens is 302 g/mol. The molecule has 20 heavy (non-hydrogen) atoms. The van der Waals surface area contributed by atoms with Crippen molar-refractivity contribution in [3.63, 3.8) is 0 Å². The highest BCUT2D eigenvalue weighted by Gasteiger charge is 2.33. The van der Waals surface area contributed by atoms with Gasteiger partial charge in [-0.15, -0.1) is 0 Å². The molecule has 4 nitrogen and oxygen atoms in total. The van der Waals surface area contributed by atoms with Gasteiger partial charge in [0.1, 0.15) is 22.4 Å². The van der Waals surface area contributed by atoms with Crippen molar-refractivity contribution in [3.05, 3.63) is 0 Å². The summed E-state index contributed by atoms with van der Waals surface area (Å²) in [4.78, 5) is 0. The molecule has 0 aliphatic heterocycles. The van der Waals surface area contributed by atoms with E-state index in [1.165, 1.54) is 0 Å². The largest absolute Gasteiger partial charge is 0.380 e. The maximum absolute atomic E-state index is 5.82. The van der Waals surface area contributed by atoms with Crippen molar-refractivity contribution in [2.24, 2.45) is 0 Å². The van der Waals surface area contributed by atoms with Crippen LogP contribution in [0.25, 0.3) is 0 Å². The van der Waals surface area contributed by atoms with Crippen LogP contribution in [-0.4, -0.2) is 70.1 Å². The van der Waals surface area contributed by atoms with Gasteiger partial charge < -0.3 is 18.4 Å². The van der Waals surface area contributed by atoms with E-state index in [4.69, 9.17) is 14.2 Å². The van der Waals surface area contributed by atoms with E-state index < -0.39 is 16.5 Å². The summed E-state index contributed by atoms with van der Waals surface area (Å²) >= 11 is 0. The third-order valence-electron chi connectivity index (χ3n) is 3.33. The summed E-state index contributed by atoms with van der Waals surface area (Å²) in [6.45, 7) is 17.4. The van der Waals surface area contributed by atoms with Crippen molar-refractivity contribution < 1.29 is 14.2 Å². The third-order valence-corrected chi connectivity index (χ3v) is 12.9.